The summed E-state index contributed by atoms with van der Waals surface area (Å²) in [5.74, 6) is 2.57. The highest BCUT2D eigenvalue weighted by Crippen LogP contribution is 2.41. The Balaban J connectivity index is 1.24. The number of fused-ring (bicyclic) bond motifs is 3. The van der Waals surface area contributed by atoms with Crippen molar-refractivity contribution in [1.29, 1.82) is 0 Å². The number of nitrogen functional groups attached to an aromatic ring is 1. The summed E-state index contributed by atoms with van der Waals surface area (Å²) in [6, 6.07) is 19.3. The number of pyridine rings is 1. The summed E-state index contributed by atoms with van der Waals surface area (Å²) >= 11 is 0. The number of nitrogens with two attached hydrogens (primary N) is 1. The summed E-state index contributed by atoms with van der Waals surface area (Å²) in [5.41, 5.74) is 12.0. The van der Waals surface area contributed by atoms with Crippen molar-refractivity contribution in [1.82, 2.24) is 19.5 Å². The van der Waals surface area contributed by atoms with Gasteiger partial charge < -0.3 is 24.5 Å². The number of nitrogens with zero attached hydrogens (tertiary/aromatic N) is 4. The SMILES string of the molecule is CC1OCc2c1c1ncnc(N)c1n2-c1ccc(Oc2cccc(OCc3cccnc3)c2)cc1. The minimum atomic E-state index is -0.0432. The Morgan fingerprint density at radius 3 is 2.71 bits per heavy atom. The molecule has 2 aromatic carbocycles. The van der Waals surface area contributed by atoms with Gasteiger partial charge in [-0.15, -0.1) is 0 Å². The van der Waals surface area contributed by atoms with Gasteiger partial charge in [-0.2, -0.15) is 0 Å². The Morgan fingerprint density at radius 2 is 1.89 bits per heavy atom. The van der Waals surface area contributed by atoms with Crippen LogP contribution >= 0.6 is 0 Å². The van der Waals surface area contributed by atoms with E-state index < -0.39 is 0 Å². The van der Waals surface area contributed by atoms with Crippen molar-refractivity contribution >= 4 is 16.9 Å². The highest BCUT2D eigenvalue weighted by atomic mass is 16.5. The van der Waals surface area contributed by atoms with E-state index in [0.717, 1.165) is 39.3 Å². The molecular formula is C27H23N5O3. The Labute approximate surface area is 201 Å². The number of hydrogen-bond donors (Lipinski definition) is 1. The lowest BCUT2D eigenvalue weighted by Gasteiger charge is -2.12. The van der Waals surface area contributed by atoms with E-state index in [2.05, 4.69) is 19.5 Å². The van der Waals surface area contributed by atoms with Crippen molar-refractivity contribution in [2.24, 2.45) is 0 Å². The molecule has 0 bridgehead atoms. The van der Waals surface area contributed by atoms with Crippen molar-refractivity contribution in [2.45, 2.75) is 26.2 Å². The van der Waals surface area contributed by atoms with Crippen LogP contribution < -0.4 is 15.2 Å². The first-order valence-electron chi connectivity index (χ1n) is 11.3. The van der Waals surface area contributed by atoms with E-state index in [1.54, 1.807) is 12.4 Å². The molecule has 1 unspecified atom stereocenters. The second kappa shape index (κ2) is 8.73. The summed E-state index contributed by atoms with van der Waals surface area (Å²) in [5, 5.41) is 0. The highest BCUT2D eigenvalue weighted by Gasteiger charge is 2.30. The summed E-state index contributed by atoms with van der Waals surface area (Å²) in [7, 11) is 0. The van der Waals surface area contributed by atoms with Crippen LogP contribution in [0.1, 0.15) is 29.8 Å². The minimum Gasteiger partial charge on any atom is -0.489 e. The highest BCUT2D eigenvalue weighted by molar-refractivity contribution is 5.91. The van der Waals surface area contributed by atoms with Crippen molar-refractivity contribution in [3.05, 3.63) is 96.2 Å². The zero-order valence-electron chi connectivity index (χ0n) is 19.1. The molecule has 0 saturated carbocycles. The van der Waals surface area contributed by atoms with Gasteiger partial charge >= 0.3 is 0 Å². The van der Waals surface area contributed by atoms with Crippen molar-refractivity contribution in [2.75, 3.05) is 5.73 Å². The molecule has 1 aliphatic heterocycles. The van der Waals surface area contributed by atoms with E-state index in [1.807, 2.05) is 67.6 Å². The van der Waals surface area contributed by atoms with Crippen molar-refractivity contribution in [3.8, 4) is 22.9 Å². The zero-order valence-corrected chi connectivity index (χ0v) is 19.1. The van der Waals surface area contributed by atoms with Gasteiger partial charge in [0.2, 0.25) is 0 Å². The van der Waals surface area contributed by atoms with Gasteiger partial charge in [0.25, 0.3) is 0 Å². The van der Waals surface area contributed by atoms with Gasteiger partial charge in [-0.25, -0.2) is 9.97 Å². The summed E-state index contributed by atoms with van der Waals surface area (Å²) in [6.45, 7) is 2.96. The van der Waals surface area contributed by atoms with Crippen LogP contribution in [0.2, 0.25) is 0 Å². The van der Waals surface area contributed by atoms with E-state index in [0.29, 0.717) is 30.5 Å². The number of aromatic nitrogens is 4. The Bertz CT molecular complexity index is 1500. The third-order valence-corrected chi connectivity index (χ3v) is 6.05. The first-order chi connectivity index (χ1) is 17.2. The molecule has 0 amide bonds. The third-order valence-electron chi connectivity index (χ3n) is 6.05. The van der Waals surface area contributed by atoms with Crippen molar-refractivity contribution in [3.63, 3.8) is 0 Å². The second-order valence-corrected chi connectivity index (χ2v) is 8.33. The molecule has 0 radical (unpaired) electrons. The quantitative estimate of drug-likeness (QED) is 0.360. The Hall–Kier alpha value is -4.43. The number of benzene rings is 2. The topological polar surface area (TPSA) is 97.3 Å². The maximum Gasteiger partial charge on any atom is 0.151 e. The number of ether oxygens (including phenoxy) is 3. The van der Waals surface area contributed by atoms with Crippen LogP contribution in [0.25, 0.3) is 16.7 Å². The average molecular weight is 466 g/mol. The van der Waals surface area contributed by atoms with Crippen molar-refractivity contribution < 1.29 is 14.2 Å². The van der Waals surface area contributed by atoms with Crippen LogP contribution in [0, 0.1) is 0 Å². The second-order valence-electron chi connectivity index (χ2n) is 8.33. The van der Waals surface area contributed by atoms with Gasteiger partial charge in [0.1, 0.15) is 41.2 Å². The van der Waals surface area contributed by atoms with E-state index in [9.17, 15) is 0 Å². The molecule has 5 aromatic rings. The first kappa shape index (κ1) is 21.1. The fourth-order valence-corrected chi connectivity index (χ4v) is 4.42. The molecule has 0 fully saturated rings. The molecule has 0 spiro atoms. The number of hydrogen-bond acceptors (Lipinski definition) is 7. The molecule has 0 saturated heterocycles. The van der Waals surface area contributed by atoms with Gasteiger partial charge in [0.15, 0.2) is 5.82 Å². The zero-order chi connectivity index (χ0) is 23.8. The third kappa shape index (κ3) is 3.94. The smallest absolute Gasteiger partial charge is 0.151 e. The Morgan fingerprint density at radius 1 is 1.03 bits per heavy atom. The maximum absolute atomic E-state index is 6.26. The summed E-state index contributed by atoms with van der Waals surface area (Å²) in [6.07, 6.45) is 4.99. The van der Waals surface area contributed by atoms with Gasteiger partial charge in [0, 0.05) is 35.3 Å². The number of anilines is 1. The van der Waals surface area contributed by atoms with Gasteiger partial charge in [-0.1, -0.05) is 12.1 Å². The molecule has 2 N–H and O–H groups in total. The predicted molar refractivity (Wildman–Crippen MR) is 132 cm³/mol. The fraction of sp³-hybridized carbons (Fsp3) is 0.148. The van der Waals surface area contributed by atoms with Gasteiger partial charge in [-0.3, -0.25) is 4.98 Å². The van der Waals surface area contributed by atoms with Crippen LogP contribution in [-0.4, -0.2) is 19.5 Å². The molecule has 6 rings (SSSR count). The molecule has 8 heteroatoms. The van der Waals surface area contributed by atoms with Crippen LogP contribution in [0.15, 0.2) is 79.4 Å². The normalized spacial score (nSPS) is 14.7. The molecule has 1 aliphatic rings. The van der Waals surface area contributed by atoms with Crippen LogP contribution in [0.3, 0.4) is 0 Å². The molecule has 174 valence electrons. The van der Waals surface area contributed by atoms with Gasteiger partial charge in [-0.05, 0) is 49.4 Å². The standard InChI is InChI=1S/C27H23N5O3/c1-17-24-23(15-33-17)32(26-25(24)30-16-31-27(26)28)19-7-9-20(10-8-19)35-22-6-2-5-21(12-22)34-14-18-4-3-11-29-13-18/h2-13,16-17H,14-15H2,1H3,(H2,28,30,31). The van der Waals surface area contributed by atoms with E-state index in [4.69, 9.17) is 19.9 Å². The molecular weight excluding hydrogens is 442 g/mol. The molecule has 4 heterocycles. The molecule has 8 nitrogen and oxygen atoms in total. The van der Waals surface area contributed by atoms with Crippen LogP contribution in [0.5, 0.6) is 17.2 Å². The lowest BCUT2D eigenvalue weighted by Crippen LogP contribution is -2.03. The minimum absolute atomic E-state index is 0.0432. The fourth-order valence-electron chi connectivity index (χ4n) is 4.42. The average Bonchev–Trinajstić information content (AvgIpc) is 3.43. The molecule has 3 aromatic heterocycles. The van der Waals surface area contributed by atoms with Crippen LogP contribution in [-0.2, 0) is 18.0 Å². The molecule has 1 atom stereocenters. The van der Waals surface area contributed by atoms with E-state index in [-0.39, 0.29) is 6.10 Å². The molecule has 35 heavy (non-hydrogen) atoms. The first-order valence-corrected chi connectivity index (χ1v) is 11.3. The lowest BCUT2D eigenvalue weighted by molar-refractivity contribution is 0.0783. The largest absolute Gasteiger partial charge is 0.489 e. The van der Waals surface area contributed by atoms with E-state index >= 15 is 0 Å². The lowest BCUT2D eigenvalue weighted by atomic mass is 10.1. The summed E-state index contributed by atoms with van der Waals surface area (Å²) in [4.78, 5) is 12.8. The monoisotopic (exact) mass is 465 g/mol. The van der Waals surface area contributed by atoms with E-state index in [1.165, 1.54) is 6.33 Å². The Kier molecular flexibility index (Phi) is 5.27. The molecule has 0 aliphatic carbocycles. The predicted octanol–water partition coefficient (Wildman–Crippen LogP) is 5.36. The van der Waals surface area contributed by atoms with Gasteiger partial charge in [0.05, 0.1) is 18.4 Å². The summed E-state index contributed by atoms with van der Waals surface area (Å²) < 4.78 is 19.9. The van der Waals surface area contributed by atoms with Crippen LogP contribution in [0.4, 0.5) is 5.82 Å². The maximum atomic E-state index is 6.26. The number of rotatable bonds is 6.